The molecule has 2 atom stereocenters. The first-order chi connectivity index (χ1) is 13.8. The first-order valence-corrected chi connectivity index (χ1v) is 11.0. The lowest BCUT2D eigenvalue weighted by Gasteiger charge is -2.27. The molecule has 1 N–H and O–H groups in total. The van der Waals surface area contributed by atoms with E-state index in [0.717, 1.165) is 19.3 Å². The van der Waals surface area contributed by atoms with E-state index >= 15 is 0 Å². The van der Waals surface area contributed by atoms with E-state index in [9.17, 15) is 14.7 Å². The molecule has 156 valence electrons. The van der Waals surface area contributed by atoms with Gasteiger partial charge in [-0.1, -0.05) is 23.2 Å². The van der Waals surface area contributed by atoms with Crippen molar-refractivity contribution in [2.45, 2.75) is 38.2 Å². The number of carboxylic acid groups (broad SMARTS) is 1. The lowest BCUT2D eigenvalue weighted by molar-refractivity contribution is -0.141. The molecular formula is C20H22Cl2N2O4S. The van der Waals surface area contributed by atoms with Crippen LogP contribution in [0, 0.1) is 5.92 Å². The first-order valence-electron chi connectivity index (χ1n) is 9.37. The second kappa shape index (κ2) is 9.89. The number of halogens is 2. The van der Waals surface area contributed by atoms with Gasteiger partial charge in [0.25, 0.3) is 0 Å². The van der Waals surface area contributed by atoms with Gasteiger partial charge in [0.05, 0.1) is 29.2 Å². The number of carbonyl (C=O) groups is 2. The number of aliphatic carboxylic acids is 1. The highest BCUT2D eigenvalue weighted by atomic mass is 35.5. The maximum atomic E-state index is 13.0. The molecular weight excluding hydrogens is 435 g/mol. The fourth-order valence-corrected chi connectivity index (χ4v) is 4.58. The van der Waals surface area contributed by atoms with Crippen LogP contribution < -0.4 is 4.90 Å². The summed E-state index contributed by atoms with van der Waals surface area (Å²) in [6.45, 7) is 0.657. The molecule has 0 saturated carbocycles. The molecule has 6 nitrogen and oxygen atoms in total. The fraction of sp³-hybridized carbons (Fsp3) is 0.450. The van der Waals surface area contributed by atoms with Gasteiger partial charge in [-0.05, 0) is 43.9 Å². The zero-order valence-corrected chi connectivity index (χ0v) is 18.3. The van der Waals surface area contributed by atoms with E-state index in [0.29, 0.717) is 39.5 Å². The van der Waals surface area contributed by atoms with E-state index in [1.54, 1.807) is 30.6 Å². The summed E-state index contributed by atoms with van der Waals surface area (Å²) in [6, 6.07) is 5.11. The molecule has 1 saturated heterocycles. The molecule has 1 aromatic heterocycles. The Morgan fingerprint density at radius 3 is 2.86 bits per heavy atom. The predicted octanol–water partition coefficient (Wildman–Crippen LogP) is 5.13. The Balaban J connectivity index is 1.77. The quantitative estimate of drug-likeness (QED) is 0.624. The summed E-state index contributed by atoms with van der Waals surface area (Å²) in [5, 5.41) is 12.6. The number of benzene rings is 1. The van der Waals surface area contributed by atoms with Crippen molar-refractivity contribution in [3.8, 4) is 11.3 Å². The molecule has 1 aromatic carbocycles. The highest BCUT2D eigenvalue weighted by molar-refractivity contribution is 7.14. The number of hydrogen-bond acceptors (Lipinski definition) is 5. The van der Waals surface area contributed by atoms with E-state index in [-0.39, 0.29) is 18.4 Å². The molecule has 1 amide bonds. The second-order valence-corrected chi connectivity index (χ2v) is 8.74. The molecule has 0 spiro atoms. The number of amides is 1. The lowest BCUT2D eigenvalue weighted by atomic mass is 9.93. The van der Waals surface area contributed by atoms with Crippen molar-refractivity contribution in [1.29, 1.82) is 0 Å². The first kappa shape index (κ1) is 22.0. The number of thiazole rings is 1. The van der Waals surface area contributed by atoms with Crippen LogP contribution >= 0.6 is 34.5 Å². The molecule has 0 radical (unpaired) electrons. The Labute approximate surface area is 183 Å². The molecule has 1 unspecified atom stereocenters. The van der Waals surface area contributed by atoms with Gasteiger partial charge in [0.15, 0.2) is 5.13 Å². The van der Waals surface area contributed by atoms with Gasteiger partial charge in [-0.2, -0.15) is 0 Å². The van der Waals surface area contributed by atoms with Crippen LogP contribution in [0.2, 0.25) is 10.0 Å². The smallest absolute Gasteiger partial charge is 0.304 e. The van der Waals surface area contributed by atoms with Crippen LogP contribution in [0.5, 0.6) is 0 Å². The molecule has 2 heterocycles. The lowest BCUT2D eigenvalue weighted by Crippen LogP contribution is -2.37. The van der Waals surface area contributed by atoms with Gasteiger partial charge in [-0.15, -0.1) is 11.3 Å². The van der Waals surface area contributed by atoms with E-state index in [4.69, 9.17) is 27.9 Å². The normalized spacial score (nSPS) is 17.7. The molecule has 9 heteroatoms. The van der Waals surface area contributed by atoms with Gasteiger partial charge in [-0.25, -0.2) is 4.98 Å². The van der Waals surface area contributed by atoms with Crippen molar-refractivity contribution in [3.63, 3.8) is 0 Å². The molecule has 1 aliphatic rings. The zero-order chi connectivity index (χ0) is 21.0. The minimum Gasteiger partial charge on any atom is -0.481 e. The van der Waals surface area contributed by atoms with Crippen LogP contribution in [-0.4, -0.2) is 41.7 Å². The van der Waals surface area contributed by atoms with Crippen LogP contribution in [0.15, 0.2) is 23.6 Å². The number of aromatic nitrogens is 1. The van der Waals surface area contributed by atoms with Crippen LogP contribution in [0.25, 0.3) is 11.3 Å². The van der Waals surface area contributed by atoms with E-state index < -0.39 is 11.9 Å². The summed E-state index contributed by atoms with van der Waals surface area (Å²) in [5.41, 5.74) is 1.29. The average molecular weight is 457 g/mol. The van der Waals surface area contributed by atoms with Gasteiger partial charge < -0.3 is 9.84 Å². The minimum atomic E-state index is -1.00. The summed E-state index contributed by atoms with van der Waals surface area (Å²) in [7, 11) is 1.61. The Bertz CT molecular complexity index is 883. The Morgan fingerprint density at radius 1 is 1.38 bits per heavy atom. The molecule has 29 heavy (non-hydrogen) atoms. The third kappa shape index (κ3) is 5.69. The molecule has 1 fully saturated rings. The maximum Gasteiger partial charge on any atom is 0.304 e. The van der Waals surface area contributed by atoms with Crippen LogP contribution in [0.3, 0.4) is 0 Å². The highest BCUT2D eigenvalue weighted by Crippen LogP contribution is 2.34. The number of ether oxygens (including phenoxy) is 1. The van der Waals surface area contributed by atoms with Crippen molar-refractivity contribution < 1.29 is 19.4 Å². The van der Waals surface area contributed by atoms with Gasteiger partial charge in [0.2, 0.25) is 5.91 Å². The van der Waals surface area contributed by atoms with E-state index in [1.807, 2.05) is 0 Å². The average Bonchev–Trinajstić information content (AvgIpc) is 3.18. The van der Waals surface area contributed by atoms with Crippen LogP contribution in [0.1, 0.15) is 32.1 Å². The third-order valence-electron chi connectivity index (χ3n) is 4.91. The maximum absolute atomic E-state index is 13.0. The fourth-order valence-electron chi connectivity index (χ4n) is 3.40. The van der Waals surface area contributed by atoms with Gasteiger partial charge in [0, 0.05) is 29.6 Å². The largest absolute Gasteiger partial charge is 0.481 e. The van der Waals surface area contributed by atoms with Gasteiger partial charge >= 0.3 is 5.97 Å². The molecule has 0 bridgehead atoms. The highest BCUT2D eigenvalue weighted by Gasteiger charge is 2.30. The second-order valence-electron chi connectivity index (χ2n) is 7.06. The number of rotatable bonds is 7. The van der Waals surface area contributed by atoms with Crippen molar-refractivity contribution >= 4 is 51.5 Å². The third-order valence-corrected chi connectivity index (χ3v) is 6.39. The van der Waals surface area contributed by atoms with E-state index in [1.165, 1.54) is 16.2 Å². The number of anilines is 1. The SMILES string of the molecule is CN(C(=O)C(CC(=O)O)C[C@H]1CCCCO1)c1nc(-c2cc(Cl)ccc2Cl)cs1. The van der Waals surface area contributed by atoms with Crippen molar-refractivity contribution in [3.05, 3.63) is 33.6 Å². The van der Waals surface area contributed by atoms with Crippen molar-refractivity contribution in [2.24, 2.45) is 5.92 Å². The van der Waals surface area contributed by atoms with Crippen LogP contribution in [-0.2, 0) is 14.3 Å². The summed E-state index contributed by atoms with van der Waals surface area (Å²) < 4.78 is 5.71. The summed E-state index contributed by atoms with van der Waals surface area (Å²) in [5.74, 6) is -1.94. The van der Waals surface area contributed by atoms with Gasteiger partial charge in [-0.3, -0.25) is 14.5 Å². The Morgan fingerprint density at radius 2 is 2.17 bits per heavy atom. The number of carboxylic acids is 1. The number of hydrogen-bond donors (Lipinski definition) is 1. The monoisotopic (exact) mass is 456 g/mol. The van der Waals surface area contributed by atoms with Crippen molar-refractivity contribution in [1.82, 2.24) is 4.98 Å². The summed E-state index contributed by atoms with van der Waals surface area (Å²) in [4.78, 5) is 30.3. The molecule has 1 aliphatic heterocycles. The predicted molar refractivity (Wildman–Crippen MR) is 115 cm³/mol. The summed E-state index contributed by atoms with van der Waals surface area (Å²) >= 11 is 13.6. The van der Waals surface area contributed by atoms with E-state index in [2.05, 4.69) is 4.98 Å². The molecule has 2 aromatic rings. The Hall–Kier alpha value is -1.67. The molecule has 0 aliphatic carbocycles. The number of carbonyl (C=O) groups excluding carboxylic acids is 1. The van der Waals surface area contributed by atoms with Gasteiger partial charge in [0.1, 0.15) is 0 Å². The standard InChI is InChI=1S/C20H22Cl2N2O4S/c1-24(19(27)12(9-18(25)26)8-14-4-2-3-7-28-14)20-23-17(11-29-20)15-10-13(21)5-6-16(15)22/h5-6,10-12,14H,2-4,7-9H2,1H3,(H,25,26)/t12?,14-/m1/s1. The molecule has 3 rings (SSSR count). The van der Waals surface area contributed by atoms with Crippen LogP contribution in [0.4, 0.5) is 5.13 Å². The summed E-state index contributed by atoms with van der Waals surface area (Å²) in [6.07, 6.45) is 2.96. The topological polar surface area (TPSA) is 79.7 Å². The number of nitrogens with zero attached hydrogens (tertiary/aromatic N) is 2. The Kier molecular flexibility index (Phi) is 7.51. The van der Waals surface area contributed by atoms with Crippen molar-refractivity contribution in [2.75, 3.05) is 18.6 Å². The minimum absolute atomic E-state index is 0.0810. The zero-order valence-electron chi connectivity index (χ0n) is 15.9.